The van der Waals surface area contributed by atoms with Crippen molar-refractivity contribution in [3.8, 4) is 0 Å². The predicted molar refractivity (Wildman–Crippen MR) is 60.4 cm³/mol. The number of nitrogens with zero attached hydrogens (tertiary/aromatic N) is 4. The van der Waals surface area contributed by atoms with E-state index in [9.17, 15) is 4.79 Å². The molecule has 0 aliphatic rings. The summed E-state index contributed by atoms with van der Waals surface area (Å²) in [7, 11) is 0. The maximum atomic E-state index is 11.5. The highest BCUT2D eigenvalue weighted by Crippen LogP contribution is 2.01. The fourth-order valence-electron chi connectivity index (χ4n) is 1.41. The van der Waals surface area contributed by atoms with Gasteiger partial charge in [0.1, 0.15) is 0 Å². The monoisotopic (exact) mass is 250 g/mol. The van der Waals surface area contributed by atoms with E-state index in [-0.39, 0.29) is 19.0 Å². The molecule has 18 heavy (non-hydrogen) atoms. The molecule has 2 rings (SSSR count). The van der Waals surface area contributed by atoms with Crippen molar-refractivity contribution in [2.45, 2.75) is 33.4 Å². The summed E-state index contributed by atoms with van der Waals surface area (Å²) in [6.07, 6.45) is 3.87. The number of ether oxygens (including phenoxy) is 1. The van der Waals surface area contributed by atoms with E-state index in [1.807, 2.05) is 13.1 Å². The minimum atomic E-state index is -0.320. The lowest BCUT2D eigenvalue weighted by molar-refractivity contribution is -0.146. The molecule has 0 radical (unpaired) electrons. The van der Waals surface area contributed by atoms with Gasteiger partial charge in [0.25, 0.3) is 5.89 Å². The van der Waals surface area contributed by atoms with Gasteiger partial charge in [-0.2, -0.15) is 10.1 Å². The predicted octanol–water partition coefficient (Wildman–Crippen LogP) is 1.02. The number of carbonyl (C=O) groups excluding carboxylic acids is 1. The zero-order valence-corrected chi connectivity index (χ0v) is 10.3. The number of rotatable bonds is 5. The topological polar surface area (TPSA) is 83.0 Å². The number of hydrogen-bond acceptors (Lipinski definition) is 6. The Morgan fingerprint density at radius 3 is 2.94 bits per heavy atom. The molecule has 0 bridgehead atoms. The summed E-state index contributed by atoms with van der Waals surface area (Å²) in [6, 6.07) is 0. The summed E-state index contributed by atoms with van der Waals surface area (Å²) < 4.78 is 11.5. The van der Waals surface area contributed by atoms with Crippen LogP contribution in [0.4, 0.5) is 0 Å². The van der Waals surface area contributed by atoms with Crippen LogP contribution in [0, 0.1) is 13.8 Å². The number of aromatic nitrogens is 4. The van der Waals surface area contributed by atoms with E-state index < -0.39 is 0 Å². The van der Waals surface area contributed by atoms with Gasteiger partial charge in [0.05, 0.1) is 19.2 Å². The average Bonchev–Trinajstić information content (AvgIpc) is 2.93. The van der Waals surface area contributed by atoms with E-state index in [4.69, 9.17) is 9.26 Å². The Morgan fingerprint density at radius 1 is 1.50 bits per heavy atom. The maximum absolute atomic E-state index is 11.5. The number of aryl methyl sites for hydroxylation is 3. The number of carbonyl (C=O) groups is 1. The molecule has 96 valence electrons. The molecule has 0 aliphatic heterocycles. The molecule has 7 heteroatoms. The maximum Gasteiger partial charge on any atom is 0.308 e. The fraction of sp³-hybridized carbons (Fsp3) is 0.455. The number of esters is 1. The van der Waals surface area contributed by atoms with Crippen LogP contribution in [0.1, 0.15) is 23.7 Å². The summed E-state index contributed by atoms with van der Waals surface area (Å²) >= 11 is 0. The molecule has 0 unspecified atom stereocenters. The zero-order valence-electron chi connectivity index (χ0n) is 10.3. The van der Waals surface area contributed by atoms with Crippen LogP contribution >= 0.6 is 0 Å². The summed E-state index contributed by atoms with van der Waals surface area (Å²) in [5, 5.41) is 7.68. The van der Waals surface area contributed by atoms with Gasteiger partial charge in [-0.3, -0.25) is 9.48 Å². The summed E-state index contributed by atoms with van der Waals surface area (Å²) in [5.41, 5.74) is 1.06. The van der Waals surface area contributed by atoms with E-state index >= 15 is 0 Å². The lowest BCUT2D eigenvalue weighted by Crippen LogP contribution is -2.09. The first kappa shape index (κ1) is 12.3. The summed E-state index contributed by atoms with van der Waals surface area (Å²) in [5.74, 6) is 0.503. The van der Waals surface area contributed by atoms with Crippen LogP contribution in [-0.2, 0) is 22.7 Å². The minimum absolute atomic E-state index is 0.0117. The average molecular weight is 250 g/mol. The van der Waals surface area contributed by atoms with Gasteiger partial charge in [0.2, 0.25) is 0 Å². The van der Waals surface area contributed by atoms with Gasteiger partial charge in [-0.05, 0) is 19.4 Å². The lowest BCUT2D eigenvalue weighted by Gasteiger charge is -2.02. The molecular formula is C11H14N4O3. The SMILES string of the molecule is Cc1cnn(CCC(=O)OCc2nc(C)no2)c1. The molecule has 0 spiro atoms. The Labute approximate surface area is 104 Å². The van der Waals surface area contributed by atoms with Crippen molar-refractivity contribution in [3.05, 3.63) is 29.7 Å². The molecule has 0 N–H and O–H groups in total. The molecule has 0 saturated carbocycles. The standard InChI is InChI=1S/C11H14N4O3/c1-8-5-12-15(6-8)4-3-11(16)17-7-10-13-9(2)14-18-10/h5-6H,3-4,7H2,1-2H3. The van der Waals surface area contributed by atoms with Crippen LogP contribution in [0.5, 0.6) is 0 Å². The van der Waals surface area contributed by atoms with E-state index in [1.54, 1.807) is 17.8 Å². The van der Waals surface area contributed by atoms with Crippen molar-refractivity contribution in [2.75, 3.05) is 0 Å². The van der Waals surface area contributed by atoms with Crippen LogP contribution in [0.2, 0.25) is 0 Å². The molecule has 0 fully saturated rings. The van der Waals surface area contributed by atoms with Gasteiger partial charge in [0, 0.05) is 6.20 Å². The second-order valence-electron chi connectivity index (χ2n) is 3.93. The highest BCUT2D eigenvalue weighted by Gasteiger charge is 2.08. The van der Waals surface area contributed by atoms with Crippen molar-refractivity contribution in [1.82, 2.24) is 19.9 Å². The minimum Gasteiger partial charge on any atom is -0.456 e. The molecule has 0 aliphatic carbocycles. The van der Waals surface area contributed by atoms with Gasteiger partial charge in [-0.15, -0.1) is 0 Å². The lowest BCUT2D eigenvalue weighted by atomic mass is 10.4. The first-order valence-electron chi connectivity index (χ1n) is 5.57. The van der Waals surface area contributed by atoms with Crippen molar-refractivity contribution >= 4 is 5.97 Å². The van der Waals surface area contributed by atoms with Gasteiger partial charge in [-0.1, -0.05) is 5.16 Å². The van der Waals surface area contributed by atoms with Crippen molar-refractivity contribution in [3.63, 3.8) is 0 Å². The molecule has 7 nitrogen and oxygen atoms in total. The van der Waals surface area contributed by atoms with Crippen LogP contribution < -0.4 is 0 Å². The Balaban J connectivity index is 1.72. The molecule has 0 amide bonds. The molecule has 2 heterocycles. The number of hydrogen-bond donors (Lipinski definition) is 0. The molecule has 0 aromatic carbocycles. The summed E-state index contributed by atoms with van der Waals surface area (Å²) in [6.45, 7) is 4.15. The second kappa shape index (κ2) is 5.44. The van der Waals surface area contributed by atoms with Crippen molar-refractivity contribution < 1.29 is 14.1 Å². The van der Waals surface area contributed by atoms with Gasteiger partial charge >= 0.3 is 5.97 Å². The molecule has 0 saturated heterocycles. The third kappa shape index (κ3) is 3.41. The van der Waals surface area contributed by atoms with Crippen molar-refractivity contribution in [2.24, 2.45) is 0 Å². The first-order chi connectivity index (χ1) is 8.63. The Hall–Kier alpha value is -2.18. The van der Waals surface area contributed by atoms with Crippen LogP contribution in [0.25, 0.3) is 0 Å². The van der Waals surface area contributed by atoms with E-state index in [0.29, 0.717) is 18.3 Å². The molecule has 2 aromatic heterocycles. The smallest absolute Gasteiger partial charge is 0.308 e. The fourth-order valence-corrected chi connectivity index (χ4v) is 1.41. The largest absolute Gasteiger partial charge is 0.456 e. The quantitative estimate of drug-likeness (QED) is 0.736. The van der Waals surface area contributed by atoms with Gasteiger partial charge in [-0.25, -0.2) is 0 Å². The summed E-state index contributed by atoms with van der Waals surface area (Å²) in [4.78, 5) is 15.4. The highest BCUT2D eigenvalue weighted by molar-refractivity contribution is 5.69. The van der Waals surface area contributed by atoms with E-state index in [0.717, 1.165) is 5.56 Å². The molecule has 2 aromatic rings. The van der Waals surface area contributed by atoms with Gasteiger partial charge in [0.15, 0.2) is 12.4 Å². The van der Waals surface area contributed by atoms with Crippen LogP contribution in [0.3, 0.4) is 0 Å². The second-order valence-corrected chi connectivity index (χ2v) is 3.93. The molecule has 0 atom stereocenters. The normalized spacial score (nSPS) is 10.6. The Bertz CT molecular complexity index is 486. The zero-order chi connectivity index (χ0) is 13.0. The molecular weight excluding hydrogens is 236 g/mol. The highest BCUT2D eigenvalue weighted by atomic mass is 16.6. The Kier molecular flexibility index (Phi) is 3.71. The van der Waals surface area contributed by atoms with Gasteiger partial charge < -0.3 is 9.26 Å². The van der Waals surface area contributed by atoms with Crippen LogP contribution in [-0.4, -0.2) is 25.9 Å². The first-order valence-corrected chi connectivity index (χ1v) is 5.57. The van der Waals surface area contributed by atoms with Crippen LogP contribution in [0.15, 0.2) is 16.9 Å². The van der Waals surface area contributed by atoms with E-state index in [1.165, 1.54) is 0 Å². The third-order valence-corrected chi connectivity index (χ3v) is 2.23. The van der Waals surface area contributed by atoms with E-state index in [2.05, 4.69) is 15.2 Å². The third-order valence-electron chi connectivity index (χ3n) is 2.23. The Morgan fingerprint density at radius 2 is 2.33 bits per heavy atom. The van der Waals surface area contributed by atoms with Crippen molar-refractivity contribution in [1.29, 1.82) is 0 Å².